The molecule has 1 fully saturated rings. The summed E-state index contributed by atoms with van der Waals surface area (Å²) in [7, 11) is 1.89. The van der Waals surface area contributed by atoms with E-state index in [-0.39, 0.29) is 5.78 Å². The molecule has 17 heavy (non-hydrogen) atoms. The smallest absolute Gasteiger partial charge is 0.158 e. The van der Waals surface area contributed by atoms with Crippen LogP contribution in [0.25, 0.3) is 10.9 Å². The predicted octanol–water partition coefficient (Wildman–Crippen LogP) is 1.18. The third kappa shape index (κ3) is 1.65. The maximum Gasteiger partial charge on any atom is 0.158 e. The maximum absolute atomic E-state index is 12.0. The van der Waals surface area contributed by atoms with Crippen LogP contribution in [0, 0.1) is 0 Å². The average Bonchev–Trinajstić information content (AvgIpc) is 3.00. The molecule has 1 aromatic carbocycles. The first-order chi connectivity index (χ1) is 8.10. The van der Waals surface area contributed by atoms with E-state index in [1.165, 1.54) is 0 Å². The van der Waals surface area contributed by atoms with E-state index in [0.29, 0.717) is 6.42 Å². The van der Waals surface area contributed by atoms with Crippen LogP contribution in [0.4, 0.5) is 0 Å². The van der Waals surface area contributed by atoms with Crippen LogP contribution in [0.1, 0.15) is 18.5 Å². The number of aromatic nitrogens is 2. The van der Waals surface area contributed by atoms with Crippen molar-refractivity contribution in [2.24, 2.45) is 12.8 Å². The van der Waals surface area contributed by atoms with Gasteiger partial charge in [0, 0.05) is 12.4 Å². The molecule has 1 saturated carbocycles. The van der Waals surface area contributed by atoms with Crippen LogP contribution in [0.2, 0.25) is 0 Å². The lowest BCUT2D eigenvalue weighted by molar-refractivity contribution is -0.120. The monoisotopic (exact) mass is 229 g/mol. The Bertz CT molecular complexity index is 596. The lowest BCUT2D eigenvalue weighted by Gasteiger charge is -2.05. The van der Waals surface area contributed by atoms with Crippen LogP contribution in [0.3, 0.4) is 0 Å². The molecule has 0 atom stereocenters. The molecular weight excluding hydrogens is 214 g/mol. The van der Waals surface area contributed by atoms with Crippen molar-refractivity contribution >= 4 is 16.7 Å². The molecule has 3 rings (SSSR count). The van der Waals surface area contributed by atoms with Crippen LogP contribution in [-0.4, -0.2) is 21.1 Å². The van der Waals surface area contributed by atoms with Crippen molar-refractivity contribution in [3.05, 3.63) is 30.0 Å². The number of Topliss-reactive ketones (excluding diaryl/α,β-unsaturated/α-hetero) is 1. The average molecular weight is 229 g/mol. The zero-order valence-electron chi connectivity index (χ0n) is 9.81. The number of nitrogens with zero attached hydrogens (tertiary/aromatic N) is 2. The molecule has 0 bridgehead atoms. The highest BCUT2D eigenvalue weighted by atomic mass is 16.1. The Labute approximate surface area is 99.4 Å². The van der Waals surface area contributed by atoms with Crippen molar-refractivity contribution in [1.29, 1.82) is 0 Å². The van der Waals surface area contributed by atoms with Crippen LogP contribution in [0.5, 0.6) is 0 Å². The minimum Gasteiger partial charge on any atom is -0.319 e. The van der Waals surface area contributed by atoms with Crippen LogP contribution in [-0.2, 0) is 18.3 Å². The van der Waals surface area contributed by atoms with Crippen molar-refractivity contribution in [1.82, 2.24) is 9.78 Å². The highest BCUT2D eigenvalue weighted by Crippen LogP contribution is 2.34. The SMILES string of the molecule is Cn1nc(CC(=O)C2(N)CC2)c2ccccc21. The van der Waals surface area contributed by atoms with Gasteiger partial charge in [-0.05, 0) is 18.9 Å². The number of carbonyl (C=O) groups is 1. The van der Waals surface area contributed by atoms with Gasteiger partial charge in [-0.3, -0.25) is 9.48 Å². The number of rotatable bonds is 3. The Hall–Kier alpha value is -1.68. The molecule has 0 radical (unpaired) electrons. The molecule has 1 aromatic heterocycles. The summed E-state index contributed by atoms with van der Waals surface area (Å²) < 4.78 is 1.81. The first-order valence-corrected chi connectivity index (χ1v) is 5.83. The van der Waals surface area contributed by atoms with Gasteiger partial charge < -0.3 is 5.73 Å². The normalized spacial score (nSPS) is 17.3. The van der Waals surface area contributed by atoms with E-state index in [2.05, 4.69) is 5.10 Å². The first-order valence-electron chi connectivity index (χ1n) is 5.83. The Morgan fingerprint density at radius 2 is 2.18 bits per heavy atom. The number of fused-ring (bicyclic) bond motifs is 1. The van der Waals surface area contributed by atoms with Gasteiger partial charge in [0.05, 0.1) is 23.2 Å². The number of benzene rings is 1. The minimum atomic E-state index is -0.557. The highest BCUT2D eigenvalue weighted by molar-refractivity contribution is 5.95. The molecule has 0 saturated heterocycles. The molecular formula is C13H15N3O. The molecule has 1 heterocycles. The van der Waals surface area contributed by atoms with Crippen LogP contribution >= 0.6 is 0 Å². The predicted molar refractivity (Wildman–Crippen MR) is 65.6 cm³/mol. The van der Waals surface area contributed by atoms with Crippen molar-refractivity contribution in [3.63, 3.8) is 0 Å². The summed E-state index contributed by atoms with van der Waals surface area (Å²) >= 11 is 0. The van der Waals surface area contributed by atoms with Gasteiger partial charge in [0.25, 0.3) is 0 Å². The minimum absolute atomic E-state index is 0.112. The quantitative estimate of drug-likeness (QED) is 0.859. The fraction of sp³-hybridized carbons (Fsp3) is 0.385. The third-order valence-corrected chi connectivity index (χ3v) is 3.51. The molecule has 2 N–H and O–H groups in total. The van der Waals surface area contributed by atoms with E-state index >= 15 is 0 Å². The molecule has 1 aliphatic carbocycles. The maximum atomic E-state index is 12.0. The second-order valence-electron chi connectivity index (χ2n) is 4.84. The standard InChI is InChI=1S/C13H15N3O/c1-16-11-5-3-2-4-9(11)10(15-16)8-12(17)13(14)6-7-13/h2-5H,6-8,14H2,1H3. The topological polar surface area (TPSA) is 60.9 Å². The van der Waals surface area contributed by atoms with Gasteiger partial charge in [-0.1, -0.05) is 18.2 Å². The largest absolute Gasteiger partial charge is 0.319 e. The van der Waals surface area contributed by atoms with Crippen LogP contribution in [0.15, 0.2) is 24.3 Å². The van der Waals surface area contributed by atoms with E-state index < -0.39 is 5.54 Å². The molecule has 88 valence electrons. The first kappa shape index (κ1) is 10.5. The number of hydrogen-bond donors (Lipinski definition) is 1. The summed E-state index contributed by atoms with van der Waals surface area (Å²) in [4.78, 5) is 12.0. The fourth-order valence-electron chi connectivity index (χ4n) is 2.16. The Kier molecular flexibility index (Phi) is 2.10. The van der Waals surface area contributed by atoms with Gasteiger partial charge in [-0.2, -0.15) is 5.10 Å². The zero-order valence-corrected chi connectivity index (χ0v) is 9.81. The molecule has 4 heteroatoms. The lowest BCUT2D eigenvalue weighted by atomic mass is 10.0. The summed E-state index contributed by atoms with van der Waals surface area (Å²) in [5, 5.41) is 5.46. The Balaban J connectivity index is 1.98. The number of para-hydroxylation sites is 1. The second-order valence-corrected chi connectivity index (χ2v) is 4.84. The van der Waals surface area contributed by atoms with Crippen molar-refractivity contribution in [3.8, 4) is 0 Å². The molecule has 0 unspecified atom stereocenters. The van der Waals surface area contributed by atoms with E-state index in [0.717, 1.165) is 29.4 Å². The van der Waals surface area contributed by atoms with Gasteiger partial charge in [-0.15, -0.1) is 0 Å². The number of ketones is 1. The van der Waals surface area contributed by atoms with Gasteiger partial charge in [0.2, 0.25) is 0 Å². The number of nitrogens with two attached hydrogens (primary N) is 1. The number of hydrogen-bond acceptors (Lipinski definition) is 3. The van der Waals surface area contributed by atoms with Crippen molar-refractivity contribution in [2.75, 3.05) is 0 Å². The summed E-state index contributed by atoms with van der Waals surface area (Å²) in [6.45, 7) is 0. The van der Waals surface area contributed by atoms with E-state index in [1.54, 1.807) is 0 Å². The number of carbonyl (C=O) groups excluding carboxylic acids is 1. The zero-order chi connectivity index (χ0) is 12.0. The van der Waals surface area contributed by atoms with Gasteiger partial charge in [0.15, 0.2) is 5.78 Å². The van der Waals surface area contributed by atoms with E-state index in [4.69, 9.17) is 5.73 Å². The number of aryl methyl sites for hydroxylation is 1. The van der Waals surface area contributed by atoms with E-state index in [1.807, 2.05) is 36.0 Å². The van der Waals surface area contributed by atoms with E-state index in [9.17, 15) is 4.79 Å². The van der Waals surface area contributed by atoms with Gasteiger partial charge in [-0.25, -0.2) is 0 Å². The molecule has 2 aromatic rings. The van der Waals surface area contributed by atoms with Crippen LogP contribution < -0.4 is 5.73 Å². The summed E-state index contributed by atoms with van der Waals surface area (Å²) in [6, 6.07) is 7.95. The van der Waals surface area contributed by atoms with Gasteiger partial charge in [0.1, 0.15) is 0 Å². The van der Waals surface area contributed by atoms with Crippen molar-refractivity contribution < 1.29 is 4.79 Å². The molecule has 1 aliphatic rings. The molecule has 0 aliphatic heterocycles. The third-order valence-electron chi connectivity index (χ3n) is 3.51. The lowest BCUT2D eigenvalue weighted by Crippen LogP contribution is -2.34. The van der Waals surface area contributed by atoms with Crippen molar-refractivity contribution in [2.45, 2.75) is 24.8 Å². The fourth-order valence-corrected chi connectivity index (χ4v) is 2.16. The highest BCUT2D eigenvalue weighted by Gasteiger charge is 2.45. The Morgan fingerprint density at radius 1 is 1.47 bits per heavy atom. The molecule has 0 spiro atoms. The summed E-state index contributed by atoms with van der Waals surface area (Å²) in [6.07, 6.45) is 1.98. The summed E-state index contributed by atoms with van der Waals surface area (Å²) in [5.41, 5.74) is 7.24. The second kappa shape index (κ2) is 3.40. The van der Waals surface area contributed by atoms with Gasteiger partial charge >= 0.3 is 0 Å². The Morgan fingerprint density at radius 3 is 2.88 bits per heavy atom. The summed E-state index contributed by atoms with van der Waals surface area (Å²) in [5.74, 6) is 0.112. The molecule has 4 nitrogen and oxygen atoms in total. The molecule has 0 amide bonds.